The van der Waals surface area contributed by atoms with Gasteiger partial charge in [0.1, 0.15) is 25.6 Å². The molecule has 0 bridgehead atoms. The van der Waals surface area contributed by atoms with Gasteiger partial charge in [0.05, 0.1) is 11.5 Å². The summed E-state index contributed by atoms with van der Waals surface area (Å²) in [4.78, 5) is 48.2. The number of H-pyrrole nitrogens is 1. The van der Waals surface area contributed by atoms with Crippen molar-refractivity contribution in [3.8, 4) is 0 Å². The Morgan fingerprint density at radius 2 is 1.95 bits per heavy atom. The van der Waals surface area contributed by atoms with Crippen LogP contribution >= 0.6 is 8.18 Å². The number of carbonyl (C=O) groups is 2. The van der Waals surface area contributed by atoms with Crippen LogP contribution in [0.3, 0.4) is 0 Å². The van der Waals surface area contributed by atoms with Gasteiger partial charge in [-0.25, -0.2) is 4.98 Å². The van der Waals surface area contributed by atoms with Crippen molar-refractivity contribution in [3.05, 3.63) is 22.3 Å². The number of carbonyl (C=O) groups excluding carboxylic acids is 2. The second-order valence-electron chi connectivity index (χ2n) is 11.6. The van der Waals surface area contributed by atoms with Gasteiger partial charge in [0.25, 0.3) is 5.56 Å². The van der Waals surface area contributed by atoms with E-state index in [4.69, 9.17) is 25.5 Å². The Labute approximate surface area is 245 Å². The van der Waals surface area contributed by atoms with E-state index in [1.54, 1.807) is 10.8 Å². The minimum absolute atomic E-state index is 0.0590. The van der Waals surface area contributed by atoms with E-state index in [0.29, 0.717) is 12.8 Å². The molecule has 2 heterocycles. The van der Waals surface area contributed by atoms with Crippen molar-refractivity contribution >= 4 is 43.4 Å². The first kappa shape index (κ1) is 33.3. The molecule has 232 valence electrons. The lowest BCUT2D eigenvalue weighted by Gasteiger charge is -2.19. The molecular weight excluding hydrogens is 565 g/mol. The molecule has 1 saturated carbocycles. The number of anilines is 1. The number of nitrogens with two attached hydrogens (primary N) is 2. The molecule has 1 aliphatic rings. The highest BCUT2D eigenvalue weighted by Crippen LogP contribution is 2.54. The van der Waals surface area contributed by atoms with Crippen molar-refractivity contribution in [2.24, 2.45) is 23.0 Å². The van der Waals surface area contributed by atoms with Gasteiger partial charge >= 0.3 is 20.1 Å². The van der Waals surface area contributed by atoms with Crippen LogP contribution in [0.2, 0.25) is 0 Å². The fraction of sp³-hybridized carbons (Fsp3) is 0.667. The molecule has 1 fully saturated rings. The number of nitrogens with zero attached hydrogens (tertiary/aromatic N) is 3. The van der Waals surface area contributed by atoms with E-state index in [0.717, 1.165) is 18.4 Å². The summed E-state index contributed by atoms with van der Waals surface area (Å²) in [7, 11) is -2.48. The molecule has 6 N–H and O–H groups in total. The molecule has 0 aliphatic heterocycles. The molecule has 5 atom stereocenters. The summed E-state index contributed by atoms with van der Waals surface area (Å²) in [6, 6.07) is -1.62. The van der Waals surface area contributed by atoms with Crippen molar-refractivity contribution in [1.29, 1.82) is 0 Å². The molecule has 14 nitrogen and oxygen atoms in total. The number of esters is 2. The maximum atomic E-state index is 13.0. The molecule has 1 unspecified atom stereocenters. The van der Waals surface area contributed by atoms with Crippen LogP contribution in [-0.2, 0) is 28.2 Å². The zero-order chi connectivity index (χ0) is 31.2. The highest BCUT2D eigenvalue weighted by Gasteiger charge is 2.53. The number of imidazole rings is 1. The van der Waals surface area contributed by atoms with Gasteiger partial charge in [0.15, 0.2) is 17.2 Å². The summed E-state index contributed by atoms with van der Waals surface area (Å²) in [5, 5.41) is 2.78. The summed E-state index contributed by atoms with van der Waals surface area (Å²) in [5.74, 6) is -1.09. The van der Waals surface area contributed by atoms with Crippen molar-refractivity contribution in [2.45, 2.75) is 85.4 Å². The van der Waals surface area contributed by atoms with Gasteiger partial charge in [0, 0.05) is 6.20 Å². The Morgan fingerprint density at radius 1 is 1.24 bits per heavy atom. The summed E-state index contributed by atoms with van der Waals surface area (Å²) in [5.41, 5.74) is 11.5. The predicted molar refractivity (Wildman–Crippen MR) is 158 cm³/mol. The third kappa shape index (κ3) is 8.66. The molecular formula is C27H43N7O7P+. The minimum Gasteiger partial charge on any atom is -0.463 e. The molecule has 42 heavy (non-hydrogen) atoms. The van der Waals surface area contributed by atoms with Crippen molar-refractivity contribution in [3.63, 3.8) is 0 Å². The molecule has 1 aliphatic carbocycles. The number of hydrogen-bond donors (Lipinski definition) is 4. The van der Waals surface area contributed by atoms with Crippen LogP contribution in [0.25, 0.3) is 17.4 Å². The van der Waals surface area contributed by atoms with E-state index in [1.165, 1.54) is 6.33 Å². The smallest absolute Gasteiger partial charge is 0.463 e. The van der Waals surface area contributed by atoms with Crippen molar-refractivity contribution in [2.75, 3.05) is 18.9 Å². The fourth-order valence-electron chi connectivity index (χ4n) is 4.38. The normalized spacial score (nSPS) is 20.1. The number of aromatic nitrogens is 4. The number of fused-ring (bicyclic) bond motifs is 1. The van der Waals surface area contributed by atoms with Crippen LogP contribution in [-0.4, -0.2) is 62.9 Å². The zero-order valence-corrected chi connectivity index (χ0v) is 26.0. The number of nitrogen functional groups attached to an aromatic ring is 1. The monoisotopic (exact) mass is 608 g/mol. The zero-order valence-electron chi connectivity index (χ0n) is 25.1. The van der Waals surface area contributed by atoms with Crippen LogP contribution in [0, 0.1) is 17.3 Å². The molecule has 15 heteroatoms. The number of rotatable bonds is 16. The molecule has 2 aromatic heterocycles. The van der Waals surface area contributed by atoms with Gasteiger partial charge in [-0.2, -0.15) is 4.98 Å². The molecule has 0 spiro atoms. The Hall–Kier alpha value is -3.19. The maximum Gasteiger partial charge on any atom is 0.613 e. The Kier molecular flexibility index (Phi) is 11.4. The standard InChI is InChI=1S/C27H42N7O7P/c1-7-8-17(6)41-24(36)19(9-15(2)3)33-42(38)40-13-27(12-39-25(37)20(28)16(4)5)10-18(27)11-34-14-30-21-22(34)31-26(29)32-23(21)35/h11,14-17,19-20H,7-10,12-13,28H2,1-6H3,(H3-,29,31,32,33,35,38)/p+1/b18-11-/t17-,19-,20-,27-/m0/s1. The first-order chi connectivity index (χ1) is 19.8. The van der Waals surface area contributed by atoms with Crippen LogP contribution in [0.5, 0.6) is 0 Å². The van der Waals surface area contributed by atoms with Gasteiger partial charge < -0.3 is 20.9 Å². The van der Waals surface area contributed by atoms with E-state index in [9.17, 15) is 18.9 Å². The van der Waals surface area contributed by atoms with E-state index >= 15 is 0 Å². The summed E-state index contributed by atoms with van der Waals surface area (Å²) < 4.78 is 31.4. The van der Waals surface area contributed by atoms with E-state index in [1.807, 2.05) is 41.5 Å². The lowest BCUT2D eigenvalue weighted by molar-refractivity contribution is -0.151. The number of aromatic amines is 1. The van der Waals surface area contributed by atoms with Gasteiger partial charge in [-0.05, 0) is 48.2 Å². The molecule has 0 amide bonds. The van der Waals surface area contributed by atoms with Gasteiger partial charge in [-0.3, -0.25) is 23.9 Å². The van der Waals surface area contributed by atoms with Crippen LogP contribution in [0.1, 0.15) is 67.2 Å². The Balaban J connectivity index is 1.77. The number of nitrogens with one attached hydrogen (secondary N) is 2. The highest BCUT2D eigenvalue weighted by molar-refractivity contribution is 7.36. The average Bonchev–Trinajstić information content (AvgIpc) is 3.43. The van der Waals surface area contributed by atoms with Crippen molar-refractivity contribution in [1.82, 2.24) is 24.6 Å². The number of ether oxygens (including phenoxy) is 2. The highest BCUT2D eigenvalue weighted by atomic mass is 31.1. The summed E-state index contributed by atoms with van der Waals surface area (Å²) in [6.45, 7) is 11.2. The van der Waals surface area contributed by atoms with Gasteiger partial charge in [-0.1, -0.05) is 46.1 Å². The molecule has 3 rings (SSSR count). The summed E-state index contributed by atoms with van der Waals surface area (Å²) in [6.07, 6.45) is 5.31. The largest absolute Gasteiger partial charge is 0.613 e. The minimum atomic E-state index is -2.48. The van der Waals surface area contributed by atoms with Crippen LogP contribution in [0.4, 0.5) is 5.95 Å². The SMILES string of the molecule is CCC[C@H](C)OC(=O)[C@H](CC(C)C)N[P+](=O)OC[C@@]1(COC(=O)[C@@H](N)C(C)C)C/C1=C/n1cnc2c(=O)[nH]c(N)nc21. The quantitative estimate of drug-likeness (QED) is 0.160. The lowest BCUT2D eigenvalue weighted by atomic mass is 10.0. The molecule has 0 aromatic carbocycles. The van der Waals surface area contributed by atoms with E-state index < -0.39 is 43.2 Å². The van der Waals surface area contributed by atoms with Crippen molar-refractivity contribution < 1.29 is 28.2 Å². The molecule has 0 saturated heterocycles. The second kappa shape index (κ2) is 14.3. The predicted octanol–water partition coefficient (Wildman–Crippen LogP) is 2.87. The first-order valence-corrected chi connectivity index (χ1v) is 15.4. The van der Waals surface area contributed by atoms with Gasteiger partial charge in [-0.15, -0.1) is 4.52 Å². The Morgan fingerprint density at radius 3 is 2.60 bits per heavy atom. The van der Waals surface area contributed by atoms with Gasteiger partial charge in [0.2, 0.25) is 5.95 Å². The molecule has 2 aromatic rings. The van der Waals surface area contributed by atoms with E-state index in [2.05, 4.69) is 20.0 Å². The lowest BCUT2D eigenvalue weighted by Crippen LogP contribution is -2.38. The first-order valence-electron chi connectivity index (χ1n) is 14.2. The average molecular weight is 609 g/mol. The second-order valence-corrected chi connectivity index (χ2v) is 12.7. The third-order valence-electron chi connectivity index (χ3n) is 7.04. The Bertz CT molecular complexity index is 1370. The van der Waals surface area contributed by atoms with Crippen LogP contribution in [0.15, 0.2) is 16.7 Å². The maximum absolute atomic E-state index is 13.0. The third-order valence-corrected chi connectivity index (χ3v) is 7.92. The fourth-order valence-corrected chi connectivity index (χ4v) is 5.28. The topological polar surface area (TPSA) is 207 Å². The molecule has 0 radical (unpaired) electrons. The van der Waals surface area contributed by atoms with Crippen LogP contribution < -0.4 is 22.1 Å². The van der Waals surface area contributed by atoms with E-state index in [-0.39, 0.29) is 48.3 Å². The summed E-state index contributed by atoms with van der Waals surface area (Å²) >= 11 is 0. The number of hydrogen-bond acceptors (Lipinski definition) is 11.